The SMILES string of the molecule is CCCCCCCCCCCCS(=O)(=O)O.c1c[nH]cn1. The zero-order valence-electron chi connectivity index (χ0n) is 13.1. The lowest BCUT2D eigenvalue weighted by Gasteiger charge is -2.01. The van der Waals surface area contributed by atoms with E-state index in [1.165, 1.54) is 44.9 Å². The van der Waals surface area contributed by atoms with Crippen molar-refractivity contribution >= 4 is 10.1 Å². The van der Waals surface area contributed by atoms with Gasteiger partial charge in [-0.1, -0.05) is 64.7 Å². The second-order valence-electron chi connectivity index (χ2n) is 5.23. The minimum Gasteiger partial charge on any atom is -0.351 e. The van der Waals surface area contributed by atoms with Crippen LogP contribution < -0.4 is 0 Å². The fraction of sp³-hybridized carbons (Fsp3) is 0.800. The molecule has 1 aromatic rings. The van der Waals surface area contributed by atoms with Crippen molar-refractivity contribution in [3.05, 3.63) is 18.7 Å². The number of aromatic amines is 1. The molecule has 0 radical (unpaired) electrons. The van der Waals surface area contributed by atoms with Gasteiger partial charge in [0.05, 0.1) is 12.1 Å². The summed E-state index contributed by atoms with van der Waals surface area (Å²) in [4.78, 5) is 6.42. The summed E-state index contributed by atoms with van der Waals surface area (Å²) in [6.45, 7) is 2.22. The number of rotatable bonds is 11. The van der Waals surface area contributed by atoms with Gasteiger partial charge in [-0.25, -0.2) is 4.98 Å². The van der Waals surface area contributed by atoms with Gasteiger partial charge in [-0.05, 0) is 6.42 Å². The Labute approximate surface area is 129 Å². The molecule has 0 aliphatic rings. The lowest BCUT2D eigenvalue weighted by atomic mass is 10.1. The molecule has 1 rings (SSSR count). The predicted octanol–water partition coefficient (Wildman–Crippen LogP) is 4.20. The summed E-state index contributed by atoms with van der Waals surface area (Å²) in [7, 11) is -3.73. The van der Waals surface area contributed by atoms with Gasteiger partial charge in [-0.3, -0.25) is 4.55 Å². The van der Waals surface area contributed by atoms with E-state index in [4.69, 9.17) is 4.55 Å². The Kier molecular flexibility index (Phi) is 13.5. The van der Waals surface area contributed by atoms with Crippen LogP contribution in [-0.2, 0) is 10.1 Å². The van der Waals surface area contributed by atoms with Crippen molar-refractivity contribution in [3.8, 4) is 0 Å². The van der Waals surface area contributed by atoms with Crippen molar-refractivity contribution in [2.75, 3.05) is 5.75 Å². The molecule has 0 unspecified atom stereocenters. The van der Waals surface area contributed by atoms with Crippen LogP contribution >= 0.6 is 0 Å². The van der Waals surface area contributed by atoms with Crippen LogP contribution in [0.5, 0.6) is 0 Å². The van der Waals surface area contributed by atoms with Gasteiger partial charge in [0.2, 0.25) is 0 Å². The molecule has 0 spiro atoms. The zero-order valence-corrected chi connectivity index (χ0v) is 13.9. The molecule has 0 aliphatic heterocycles. The number of nitrogens with zero attached hydrogens (tertiary/aromatic N) is 1. The number of aromatic nitrogens is 2. The van der Waals surface area contributed by atoms with Crippen molar-refractivity contribution in [1.82, 2.24) is 9.97 Å². The van der Waals surface area contributed by atoms with Crippen LogP contribution in [0.25, 0.3) is 0 Å². The Morgan fingerprint density at radius 1 is 0.952 bits per heavy atom. The van der Waals surface area contributed by atoms with Gasteiger partial charge in [-0.15, -0.1) is 0 Å². The Bertz CT molecular complexity index is 374. The highest BCUT2D eigenvalue weighted by Crippen LogP contribution is 2.10. The molecule has 0 amide bonds. The van der Waals surface area contributed by atoms with Gasteiger partial charge in [0, 0.05) is 12.4 Å². The first-order chi connectivity index (χ1) is 10.1. The highest BCUT2D eigenvalue weighted by molar-refractivity contribution is 7.85. The topological polar surface area (TPSA) is 83.0 Å². The van der Waals surface area contributed by atoms with Gasteiger partial charge < -0.3 is 4.98 Å². The molecular weight excluding hydrogens is 288 g/mol. The van der Waals surface area contributed by atoms with Gasteiger partial charge >= 0.3 is 0 Å². The first-order valence-electron chi connectivity index (χ1n) is 7.94. The summed E-state index contributed by atoms with van der Waals surface area (Å²) < 4.78 is 29.4. The van der Waals surface area contributed by atoms with Crippen LogP contribution in [0.15, 0.2) is 18.7 Å². The van der Waals surface area contributed by atoms with Crippen LogP contribution in [0.2, 0.25) is 0 Å². The summed E-state index contributed by atoms with van der Waals surface area (Å²) in [5, 5.41) is 0. The fourth-order valence-electron chi connectivity index (χ4n) is 1.99. The molecule has 0 bridgehead atoms. The maximum Gasteiger partial charge on any atom is 0.264 e. The van der Waals surface area contributed by atoms with Crippen molar-refractivity contribution in [2.45, 2.75) is 71.1 Å². The lowest BCUT2D eigenvalue weighted by molar-refractivity contribution is 0.478. The highest BCUT2D eigenvalue weighted by Gasteiger charge is 2.02. The molecule has 5 nitrogen and oxygen atoms in total. The maximum atomic E-state index is 10.4. The highest BCUT2D eigenvalue weighted by atomic mass is 32.2. The molecular formula is C15H30N2O3S. The molecule has 0 aliphatic carbocycles. The summed E-state index contributed by atoms with van der Waals surface area (Å²) in [5.74, 6) is -0.0799. The van der Waals surface area contributed by atoms with Gasteiger partial charge in [0.1, 0.15) is 0 Å². The molecule has 124 valence electrons. The first-order valence-corrected chi connectivity index (χ1v) is 9.55. The standard InChI is InChI=1S/C12H26O3S.C3H4N2/c1-2-3-4-5-6-7-8-9-10-11-12-16(13,14)15;1-2-5-3-4-1/h2-12H2,1H3,(H,13,14,15);1-3H,(H,4,5). The van der Waals surface area contributed by atoms with Crippen molar-refractivity contribution < 1.29 is 13.0 Å². The Morgan fingerprint density at radius 2 is 1.48 bits per heavy atom. The second kappa shape index (κ2) is 14.1. The van der Waals surface area contributed by atoms with Crippen LogP contribution in [0, 0.1) is 0 Å². The molecule has 0 saturated carbocycles. The van der Waals surface area contributed by atoms with E-state index < -0.39 is 10.1 Å². The molecule has 2 N–H and O–H groups in total. The summed E-state index contributed by atoms with van der Waals surface area (Å²) in [6, 6.07) is 0. The van der Waals surface area contributed by atoms with Gasteiger partial charge in [0.25, 0.3) is 10.1 Å². The number of nitrogens with one attached hydrogen (secondary N) is 1. The summed E-state index contributed by atoms with van der Waals surface area (Å²) in [5.41, 5.74) is 0. The molecule has 0 saturated heterocycles. The van der Waals surface area contributed by atoms with Crippen molar-refractivity contribution in [2.24, 2.45) is 0 Å². The van der Waals surface area contributed by atoms with Crippen LogP contribution in [0.1, 0.15) is 71.1 Å². The smallest absolute Gasteiger partial charge is 0.264 e. The monoisotopic (exact) mass is 318 g/mol. The van der Waals surface area contributed by atoms with Crippen LogP contribution in [-0.4, -0.2) is 28.7 Å². The predicted molar refractivity (Wildman–Crippen MR) is 86.8 cm³/mol. The largest absolute Gasteiger partial charge is 0.351 e. The Balaban J connectivity index is 0.000000662. The third kappa shape index (κ3) is 19.1. The quantitative estimate of drug-likeness (QED) is 0.473. The number of H-pyrrole nitrogens is 1. The van der Waals surface area contributed by atoms with Crippen LogP contribution in [0.3, 0.4) is 0 Å². The van der Waals surface area contributed by atoms with E-state index in [9.17, 15) is 8.42 Å². The van der Waals surface area contributed by atoms with E-state index in [0.717, 1.165) is 12.8 Å². The third-order valence-corrected chi connectivity index (χ3v) is 3.97. The molecule has 1 aromatic heterocycles. The number of unbranched alkanes of at least 4 members (excludes halogenated alkanes) is 9. The van der Waals surface area contributed by atoms with Gasteiger partial charge in [0.15, 0.2) is 0 Å². The minimum atomic E-state index is -3.73. The first kappa shape index (κ1) is 20.1. The molecule has 1 heterocycles. The molecule has 0 fully saturated rings. The molecule has 0 atom stereocenters. The second-order valence-corrected chi connectivity index (χ2v) is 6.80. The Morgan fingerprint density at radius 3 is 1.81 bits per heavy atom. The van der Waals surface area contributed by atoms with Crippen molar-refractivity contribution in [3.63, 3.8) is 0 Å². The minimum absolute atomic E-state index is 0.0799. The molecule has 21 heavy (non-hydrogen) atoms. The lowest BCUT2D eigenvalue weighted by Crippen LogP contribution is -2.03. The number of hydrogen-bond donors (Lipinski definition) is 2. The fourth-order valence-corrected chi connectivity index (χ4v) is 2.56. The number of imidazole rings is 1. The third-order valence-electron chi connectivity index (χ3n) is 3.16. The normalized spacial score (nSPS) is 11.0. The summed E-state index contributed by atoms with van der Waals surface area (Å²) >= 11 is 0. The maximum absolute atomic E-state index is 10.4. The number of hydrogen-bond acceptors (Lipinski definition) is 3. The summed E-state index contributed by atoms with van der Waals surface area (Å²) in [6.07, 6.45) is 16.7. The van der Waals surface area contributed by atoms with E-state index >= 15 is 0 Å². The van der Waals surface area contributed by atoms with Crippen molar-refractivity contribution in [1.29, 1.82) is 0 Å². The average Bonchev–Trinajstić information content (AvgIpc) is 2.99. The van der Waals surface area contributed by atoms with Crippen LogP contribution in [0.4, 0.5) is 0 Å². The molecule has 0 aromatic carbocycles. The van der Waals surface area contributed by atoms with E-state index in [0.29, 0.717) is 6.42 Å². The zero-order chi connectivity index (χ0) is 15.8. The van der Waals surface area contributed by atoms with E-state index in [1.807, 2.05) is 0 Å². The average molecular weight is 318 g/mol. The Hall–Kier alpha value is -0.880. The van der Waals surface area contributed by atoms with E-state index in [1.54, 1.807) is 18.7 Å². The molecule has 6 heteroatoms. The van der Waals surface area contributed by atoms with E-state index in [-0.39, 0.29) is 5.75 Å². The van der Waals surface area contributed by atoms with Gasteiger partial charge in [-0.2, -0.15) is 8.42 Å². The van der Waals surface area contributed by atoms with E-state index in [2.05, 4.69) is 16.9 Å².